The molecule has 0 aliphatic carbocycles. The van der Waals surface area contributed by atoms with Crippen LogP contribution in [0.4, 0.5) is 0 Å². The van der Waals surface area contributed by atoms with Crippen LogP contribution < -0.4 is 0 Å². The van der Waals surface area contributed by atoms with Gasteiger partial charge in [-0.3, -0.25) is 0 Å². The fourth-order valence-electron chi connectivity index (χ4n) is 2.94. The lowest BCUT2D eigenvalue weighted by Gasteiger charge is -1.85. The van der Waals surface area contributed by atoms with Gasteiger partial charge >= 0.3 is 0 Å². The molecule has 0 spiro atoms. The van der Waals surface area contributed by atoms with Gasteiger partial charge in [0, 0.05) is 22.1 Å². The quantitative estimate of drug-likeness (QED) is 0.223. The second kappa shape index (κ2) is 12.9. The van der Waals surface area contributed by atoms with Crippen molar-refractivity contribution >= 4 is 121 Å². The van der Waals surface area contributed by atoms with E-state index in [1.54, 1.807) is 0 Å². The van der Waals surface area contributed by atoms with Crippen molar-refractivity contribution in [2.24, 2.45) is 0 Å². The molecular formula is C20H20Cl6N4. The van der Waals surface area contributed by atoms with Crippen LogP contribution in [0.25, 0.3) is 46.4 Å². The predicted molar refractivity (Wildman–Crippen MR) is 142 cm³/mol. The van der Waals surface area contributed by atoms with Crippen LogP contribution in [0.15, 0.2) is 48.5 Å². The summed E-state index contributed by atoms with van der Waals surface area (Å²) in [5.41, 5.74) is 7.86. The number of halogens is 6. The topological polar surface area (TPSA) is 57.4 Å². The number of hydrogen-bond donors (Lipinski definition) is 2. The number of aromatic amines is 2. The van der Waals surface area contributed by atoms with Crippen molar-refractivity contribution in [1.82, 2.24) is 19.9 Å². The minimum absolute atomic E-state index is 0. The number of rotatable bonds is 0. The van der Waals surface area contributed by atoms with Crippen molar-refractivity contribution in [3.05, 3.63) is 71.3 Å². The van der Waals surface area contributed by atoms with Crippen molar-refractivity contribution in [2.75, 3.05) is 0 Å². The molecule has 0 saturated carbocycles. The molecule has 2 aliphatic heterocycles. The number of nitrogens with zero attached hydrogens (tertiary/aromatic N) is 2. The maximum Gasteiger partial charge on any atom is 0.0658 e. The van der Waals surface area contributed by atoms with Crippen LogP contribution in [-0.2, 0) is 0 Å². The van der Waals surface area contributed by atoms with Gasteiger partial charge in [-0.1, -0.05) is 0 Å². The molecule has 10 heteroatoms. The summed E-state index contributed by atoms with van der Waals surface area (Å²) in [6, 6.07) is 16.4. The number of hydrogen-bond acceptors (Lipinski definition) is 2. The Labute approximate surface area is 211 Å². The van der Waals surface area contributed by atoms with Crippen LogP contribution in [-0.4, -0.2) is 19.9 Å². The first-order chi connectivity index (χ1) is 11.8. The van der Waals surface area contributed by atoms with E-state index in [4.69, 9.17) is 0 Å². The summed E-state index contributed by atoms with van der Waals surface area (Å²) in [6.45, 7) is 0. The van der Waals surface area contributed by atoms with Gasteiger partial charge in [0.2, 0.25) is 0 Å². The molecule has 8 bridgehead atoms. The minimum Gasteiger partial charge on any atom is -0.355 e. The van der Waals surface area contributed by atoms with Gasteiger partial charge in [-0.25, -0.2) is 9.97 Å². The van der Waals surface area contributed by atoms with E-state index >= 15 is 0 Å². The van der Waals surface area contributed by atoms with Gasteiger partial charge in [-0.15, -0.1) is 74.4 Å². The summed E-state index contributed by atoms with van der Waals surface area (Å²) in [5.74, 6) is 0. The molecule has 4 nitrogen and oxygen atoms in total. The average molecular weight is 529 g/mol. The lowest BCUT2D eigenvalue weighted by molar-refractivity contribution is 1.31. The lowest BCUT2D eigenvalue weighted by atomic mass is 10.3. The van der Waals surface area contributed by atoms with Crippen molar-refractivity contribution in [1.29, 1.82) is 0 Å². The average Bonchev–Trinajstić information content (AvgIpc) is 3.32. The molecule has 2 aliphatic rings. The standard InChI is InChI=1S/C20H14N4.6ClH/c1-2-14-10-16-5-6-18(23-16)12-20-8-7-19(24-20)11-17-4-3-15(22-17)9-13(1)21-14;;;;;;/h1-12,21,24H;6*1H. The number of H-pyrrole nitrogens is 2. The van der Waals surface area contributed by atoms with Crippen LogP contribution in [0.5, 0.6) is 0 Å². The molecule has 0 unspecified atom stereocenters. The molecular weight excluding hydrogens is 509 g/mol. The molecule has 0 fully saturated rings. The van der Waals surface area contributed by atoms with E-state index in [-0.39, 0.29) is 74.4 Å². The molecule has 0 amide bonds. The van der Waals surface area contributed by atoms with Gasteiger partial charge in [-0.2, -0.15) is 0 Å². The van der Waals surface area contributed by atoms with Crippen LogP contribution >= 0.6 is 74.4 Å². The molecule has 30 heavy (non-hydrogen) atoms. The van der Waals surface area contributed by atoms with E-state index in [1.165, 1.54) is 0 Å². The fourth-order valence-corrected chi connectivity index (χ4v) is 2.94. The molecule has 0 radical (unpaired) electrons. The zero-order chi connectivity index (χ0) is 15.9. The van der Waals surface area contributed by atoms with Crippen LogP contribution in [0.3, 0.4) is 0 Å². The summed E-state index contributed by atoms with van der Waals surface area (Å²) in [7, 11) is 0. The molecule has 0 aromatic carbocycles. The first-order valence-corrected chi connectivity index (χ1v) is 7.85. The Bertz CT molecular complexity index is 1010. The zero-order valence-electron chi connectivity index (χ0n) is 15.3. The molecule has 0 atom stereocenters. The highest BCUT2D eigenvalue weighted by molar-refractivity contribution is 5.86. The van der Waals surface area contributed by atoms with Gasteiger partial charge in [-0.05, 0) is 72.8 Å². The maximum absolute atomic E-state index is 4.63. The van der Waals surface area contributed by atoms with E-state index in [0.717, 1.165) is 44.8 Å². The van der Waals surface area contributed by atoms with Gasteiger partial charge in [0.1, 0.15) is 0 Å². The van der Waals surface area contributed by atoms with Crippen molar-refractivity contribution in [2.45, 2.75) is 0 Å². The lowest BCUT2D eigenvalue weighted by Crippen LogP contribution is -1.75. The maximum atomic E-state index is 4.63. The molecule has 3 aromatic heterocycles. The number of aromatic nitrogens is 4. The van der Waals surface area contributed by atoms with Crippen LogP contribution in [0.1, 0.15) is 22.8 Å². The first-order valence-electron chi connectivity index (χ1n) is 7.85. The van der Waals surface area contributed by atoms with E-state index in [0.29, 0.717) is 0 Å². The molecule has 5 rings (SSSR count). The van der Waals surface area contributed by atoms with Crippen molar-refractivity contribution < 1.29 is 0 Å². The van der Waals surface area contributed by atoms with Gasteiger partial charge < -0.3 is 9.97 Å². The summed E-state index contributed by atoms with van der Waals surface area (Å²) in [4.78, 5) is 16.0. The SMILES string of the molecule is C1=Cc2cc3ccc(cc4nc(cc5ccc(cc1n2)[nH]5)C=C4)[nH]3.Cl.Cl.Cl.Cl.Cl.Cl. The number of fused-ring (bicyclic) bond motifs is 8. The van der Waals surface area contributed by atoms with Crippen LogP contribution in [0, 0.1) is 0 Å². The van der Waals surface area contributed by atoms with E-state index in [9.17, 15) is 0 Å². The van der Waals surface area contributed by atoms with E-state index in [1.807, 2.05) is 48.6 Å². The molecule has 162 valence electrons. The minimum atomic E-state index is 0. The molecule has 2 N–H and O–H groups in total. The van der Waals surface area contributed by atoms with Crippen LogP contribution in [0.2, 0.25) is 0 Å². The smallest absolute Gasteiger partial charge is 0.0658 e. The van der Waals surface area contributed by atoms with Gasteiger partial charge in [0.25, 0.3) is 0 Å². The Morgan fingerprint density at radius 1 is 0.400 bits per heavy atom. The second-order valence-electron chi connectivity index (χ2n) is 5.91. The summed E-state index contributed by atoms with van der Waals surface area (Å²) >= 11 is 0. The van der Waals surface area contributed by atoms with Gasteiger partial charge in [0.05, 0.1) is 22.8 Å². The highest BCUT2D eigenvalue weighted by atomic mass is 35.5. The predicted octanol–water partition coefficient (Wildman–Crippen LogP) is 7.19. The van der Waals surface area contributed by atoms with E-state index in [2.05, 4.69) is 44.2 Å². The Morgan fingerprint density at radius 2 is 0.633 bits per heavy atom. The third-order valence-corrected chi connectivity index (χ3v) is 4.04. The highest BCUT2D eigenvalue weighted by Gasteiger charge is 2.00. The zero-order valence-corrected chi connectivity index (χ0v) is 20.2. The normalized spacial score (nSPS) is 10.1. The second-order valence-corrected chi connectivity index (χ2v) is 5.91. The third kappa shape index (κ3) is 6.67. The highest BCUT2D eigenvalue weighted by Crippen LogP contribution is 2.16. The Hall–Kier alpha value is -1.66. The largest absolute Gasteiger partial charge is 0.355 e. The Kier molecular flexibility index (Phi) is 13.1. The monoisotopic (exact) mass is 526 g/mol. The molecule has 3 aromatic rings. The third-order valence-electron chi connectivity index (χ3n) is 4.04. The summed E-state index contributed by atoms with van der Waals surface area (Å²) in [6.07, 6.45) is 8.09. The Morgan fingerprint density at radius 3 is 0.867 bits per heavy atom. The fraction of sp³-hybridized carbons (Fsp3) is 0. The number of nitrogens with one attached hydrogen (secondary N) is 2. The van der Waals surface area contributed by atoms with Crippen molar-refractivity contribution in [3.8, 4) is 0 Å². The van der Waals surface area contributed by atoms with Crippen molar-refractivity contribution in [3.63, 3.8) is 0 Å². The van der Waals surface area contributed by atoms with Gasteiger partial charge in [0.15, 0.2) is 0 Å². The first kappa shape index (κ1) is 30.5. The van der Waals surface area contributed by atoms with E-state index < -0.39 is 0 Å². The summed E-state index contributed by atoms with van der Waals surface area (Å²) < 4.78 is 0. The molecule has 5 heterocycles. The summed E-state index contributed by atoms with van der Waals surface area (Å²) in [5, 5.41) is 0. The molecule has 0 saturated heterocycles. The Balaban J connectivity index is 0.